The summed E-state index contributed by atoms with van der Waals surface area (Å²) in [6.45, 7) is 2.26. The quantitative estimate of drug-likeness (QED) is 0.403. The maximum atomic E-state index is 13.4. The Balaban J connectivity index is 2.05. The van der Waals surface area contributed by atoms with Gasteiger partial charge in [-0.2, -0.15) is 8.78 Å². The van der Waals surface area contributed by atoms with E-state index < -0.39 is 28.3 Å². The molecule has 0 N–H and O–H groups in total. The van der Waals surface area contributed by atoms with Crippen LogP contribution in [0.5, 0.6) is 5.75 Å². The number of hydrogen-bond donors (Lipinski definition) is 0. The number of rotatable bonds is 6. The van der Waals surface area contributed by atoms with Gasteiger partial charge in [0.15, 0.2) is 0 Å². The normalized spacial score (nSPS) is 12.2. The standard InChI is InChI=1S/C22H23BrF2N2O5S/c1-22(2,3)32-21(28)26(4)12-14-13-27(19-10-15(23)8-9-18(14)19)33(29,30)17-7-5-6-16(11-17)31-20(24)25/h5-11,13,20H,12H2,1-4H3. The summed E-state index contributed by atoms with van der Waals surface area (Å²) >= 11 is 3.35. The van der Waals surface area contributed by atoms with Gasteiger partial charge in [0.2, 0.25) is 0 Å². The number of benzene rings is 2. The van der Waals surface area contributed by atoms with Gasteiger partial charge in [0, 0.05) is 29.2 Å². The number of carbonyl (C=O) groups excluding carboxylic acids is 1. The fourth-order valence-corrected chi connectivity index (χ4v) is 4.92. The average Bonchev–Trinajstić information content (AvgIpc) is 3.04. The Morgan fingerprint density at radius 1 is 1.18 bits per heavy atom. The minimum Gasteiger partial charge on any atom is -0.444 e. The molecule has 1 aromatic heterocycles. The van der Waals surface area contributed by atoms with Crippen molar-refractivity contribution in [1.82, 2.24) is 8.87 Å². The molecule has 0 radical (unpaired) electrons. The Bertz CT molecular complexity index is 1290. The molecule has 0 aliphatic heterocycles. The van der Waals surface area contributed by atoms with E-state index in [1.54, 1.807) is 46.0 Å². The topological polar surface area (TPSA) is 77.8 Å². The highest BCUT2D eigenvalue weighted by Crippen LogP contribution is 2.30. The van der Waals surface area contributed by atoms with Gasteiger partial charge in [-0.1, -0.05) is 28.1 Å². The first-order valence-electron chi connectivity index (χ1n) is 9.82. The Morgan fingerprint density at radius 3 is 2.52 bits per heavy atom. The molecule has 0 atom stereocenters. The summed E-state index contributed by atoms with van der Waals surface area (Å²) in [4.78, 5) is 13.5. The van der Waals surface area contributed by atoms with Crippen LogP contribution in [-0.2, 0) is 21.3 Å². The number of aromatic nitrogens is 1. The SMILES string of the molecule is CN(Cc1cn(S(=O)(=O)c2cccc(OC(F)F)c2)c2cc(Br)ccc12)C(=O)OC(C)(C)C. The van der Waals surface area contributed by atoms with E-state index in [1.165, 1.54) is 29.3 Å². The molecule has 3 rings (SSSR count). The van der Waals surface area contributed by atoms with Crippen molar-refractivity contribution in [2.75, 3.05) is 7.05 Å². The van der Waals surface area contributed by atoms with E-state index in [2.05, 4.69) is 20.7 Å². The van der Waals surface area contributed by atoms with Crippen molar-refractivity contribution < 1.29 is 31.5 Å². The molecule has 0 spiro atoms. The zero-order valence-electron chi connectivity index (χ0n) is 18.4. The van der Waals surface area contributed by atoms with Crippen LogP contribution >= 0.6 is 15.9 Å². The number of ether oxygens (including phenoxy) is 2. The zero-order valence-corrected chi connectivity index (χ0v) is 20.8. The molecular weight excluding hydrogens is 522 g/mol. The summed E-state index contributed by atoms with van der Waals surface area (Å²) in [5.74, 6) is -0.270. The Morgan fingerprint density at radius 2 is 1.88 bits per heavy atom. The van der Waals surface area contributed by atoms with Crippen molar-refractivity contribution in [2.45, 2.75) is 44.4 Å². The molecule has 0 fully saturated rings. The Kier molecular flexibility index (Phi) is 7.04. The van der Waals surface area contributed by atoms with Gasteiger partial charge in [0.1, 0.15) is 11.4 Å². The lowest BCUT2D eigenvalue weighted by Gasteiger charge is -2.24. The van der Waals surface area contributed by atoms with E-state index in [0.29, 0.717) is 20.9 Å². The predicted octanol–water partition coefficient (Wildman–Crippen LogP) is 5.61. The third kappa shape index (κ3) is 5.83. The molecule has 0 bridgehead atoms. The van der Waals surface area contributed by atoms with E-state index in [-0.39, 0.29) is 17.2 Å². The highest BCUT2D eigenvalue weighted by atomic mass is 79.9. The van der Waals surface area contributed by atoms with Crippen molar-refractivity contribution in [2.24, 2.45) is 0 Å². The number of nitrogens with zero attached hydrogens (tertiary/aromatic N) is 2. The molecule has 0 aliphatic rings. The minimum absolute atomic E-state index is 0.0874. The van der Waals surface area contributed by atoms with Crippen molar-refractivity contribution in [1.29, 1.82) is 0 Å². The molecule has 3 aromatic rings. The zero-order chi connectivity index (χ0) is 24.6. The summed E-state index contributed by atoms with van der Waals surface area (Å²) in [6, 6.07) is 10.0. The second kappa shape index (κ2) is 9.30. The largest absolute Gasteiger partial charge is 0.444 e. The Labute approximate surface area is 199 Å². The van der Waals surface area contributed by atoms with Gasteiger partial charge in [-0.25, -0.2) is 17.2 Å². The molecule has 178 valence electrons. The number of alkyl halides is 2. The van der Waals surface area contributed by atoms with Crippen molar-refractivity contribution in [3.05, 3.63) is 58.7 Å². The third-order valence-corrected chi connectivity index (χ3v) is 6.68. The van der Waals surface area contributed by atoms with Gasteiger partial charge in [0.05, 0.1) is 17.0 Å². The van der Waals surface area contributed by atoms with E-state index in [1.807, 2.05) is 0 Å². The van der Waals surface area contributed by atoms with Gasteiger partial charge >= 0.3 is 12.7 Å². The van der Waals surface area contributed by atoms with Gasteiger partial charge in [0.25, 0.3) is 10.0 Å². The summed E-state index contributed by atoms with van der Waals surface area (Å²) in [6.07, 6.45) is 0.855. The van der Waals surface area contributed by atoms with E-state index in [0.717, 1.165) is 10.0 Å². The molecular formula is C22H23BrF2N2O5S. The summed E-state index contributed by atoms with van der Waals surface area (Å²) in [5, 5.41) is 0.608. The molecule has 7 nitrogen and oxygen atoms in total. The number of hydrogen-bond acceptors (Lipinski definition) is 5. The van der Waals surface area contributed by atoms with Gasteiger partial charge in [-0.15, -0.1) is 0 Å². The lowest BCUT2D eigenvalue weighted by atomic mass is 10.1. The van der Waals surface area contributed by atoms with Crippen LogP contribution in [0, 0.1) is 0 Å². The lowest BCUT2D eigenvalue weighted by molar-refractivity contribution is -0.0500. The average molecular weight is 545 g/mol. The van der Waals surface area contributed by atoms with Crippen LogP contribution < -0.4 is 4.74 Å². The minimum atomic E-state index is -4.17. The lowest BCUT2D eigenvalue weighted by Crippen LogP contribution is -2.33. The molecule has 1 heterocycles. The van der Waals surface area contributed by atoms with Gasteiger partial charge in [-0.05, 0) is 50.6 Å². The molecule has 0 saturated heterocycles. The van der Waals surface area contributed by atoms with Crippen LogP contribution in [0.4, 0.5) is 13.6 Å². The molecule has 1 amide bonds. The second-order valence-corrected chi connectivity index (χ2v) is 11.0. The fourth-order valence-electron chi connectivity index (χ4n) is 3.15. The molecule has 33 heavy (non-hydrogen) atoms. The maximum Gasteiger partial charge on any atom is 0.410 e. The van der Waals surface area contributed by atoms with Crippen LogP contribution in [0.25, 0.3) is 10.9 Å². The van der Waals surface area contributed by atoms with Crippen LogP contribution in [0.15, 0.2) is 58.0 Å². The first-order chi connectivity index (χ1) is 15.3. The number of fused-ring (bicyclic) bond motifs is 1. The van der Waals surface area contributed by atoms with Crippen molar-refractivity contribution in [3.8, 4) is 5.75 Å². The third-order valence-electron chi connectivity index (χ3n) is 4.52. The van der Waals surface area contributed by atoms with Crippen LogP contribution in [0.3, 0.4) is 0 Å². The van der Waals surface area contributed by atoms with Crippen molar-refractivity contribution >= 4 is 42.9 Å². The number of halogens is 3. The first kappa shape index (κ1) is 25.0. The van der Waals surface area contributed by atoms with Crippen LogP contribution in [-0.4, -0.2) is 42.6 Å². The predicted molar refractivity (Wildman–Crippen MR) is 123 cm³/mol. The van der Waals surface area contributed by atoms with E-state index in [9.17, 15) is 22.0 Å². The van der Waals surface area contributed by atoms with E-state index >= 15 is 0 Å². The summed E-state index contributed by atoms with van der Waals surface area (Å²) < 4.78 is 63.4. The van der Waals surface area contributed by atoms with Gasteiger partial charge in [-0.3, -0.25) is 0 Å². The van der Waals surface area contributed by atoms with Gasteiger partial charge < -0.3 is 14.4 Å². The molecule has 0 saturated carbocycles. The Hall–Kier alpha value is -2.66. The number of amides is 1. The maximum absolute atomic E-state index is 13.4. The fraction of sp³-hybridized carbons (Fsp3) is 0.318. The molecule has 11 heteroatoms. The van der Waals surface area contributed by atoms with Crippen LogP contribution in [0.1, 0.15) is 26.3 Å². The highest BCUT2D eigenvalue weighted by Gasteiger charge is 2.25. The van der Waals surface area contributed by atoms with E-state index in [4.69, 9.17) is 4.74 Å². The second-order valence-electron chi connectivity index (χ2n) is 8.31. The van der Waals surface area contributed by atoms with Crippen molar-refractivity contribution in [3.63, 3.8) is 0 Å². The summed E-state index contributed by atoms with van der Waals surface area (Å²) in [7, 11) is -2.62. The first-order valence-corrected chi connectivity index (χ1v) is 12.1. The monoisotopic (exact) mass is 544 g/mol. The molecule has 0 aliphatic carbocycles. The molecule has 2 aromatic carbocycles. The highest BCUT2D eigenvalue weighted by molar-refractivity contribution is 9.10. The van der Waals surface area contributed by atoms with Crippen LogP contribution in [0.2, 0.25) is 0 Å². The smallest absolute Gasteiger partial charge is 0.410 e. The summed E-state index contributed by atoms with van der Waals surface area (Å²) in [5.41, 5.74) is 0.241. The molecule has 0 unspecified atom stereocenters. The number of carbonyl (C=O) groups is 1.